The Hall–Kier alpha value is -1.44. The lowest BCUT2D eigenvalue weighted by molar-refractivity contribution is -0.123. The van der Waals surface area contributed by atoms with Gasteiger partial charge >= 0.3 is 0 Å². The van der Waals surface area contributed by atoms with Gasteiger partial charge in [0.25, 0.3) is 0 Å². The Balaban J connectivity index is 1.89. The summed E-state index contributed by atoms with van der Waals surface area (Å²) in [5.41, 5.74) is 2.37. The minimum absolute atomic E-state index is 0.0495. The van der Waals surface area contributed by atoms with Crippen molar-refractivity contribution in [2.24, 2.45) is 0 Å². The van der Waals surface area contributed by atoms with Gasteiger partial charge in [0.2, 0.25) is 5.91 Å². The number of fused-ring (bicyclic) bond motifs is 1. The molecule has 2 N–H and O–H groups in total. The average molecular weight is 274 g/mol. The summed E-state index contributed by atoms with van der Waals surface area (Å²) in [6.45, 7) is 1.51. The first-order valence-corrected chi connectivity index (χ1v) is 7.58. The zero-order chi connectivity index (χ0) is 13.5. The van der Waals surface area contributed by atoms with Gasteiger partial charge in [0, 0.05) is 18.8 Å². The zero-order valence-corrected chi connectivity index (χ0v) is 11.6. The molecule has 0 spiro atoms. The molecule has 0 radical (unpaired) electrons. The van der Waals surface area contributed by atoms with Gasteiger partial charge in [-0.15, -0.1) is 18.2 Å². The molecule has 0 saturated heterocycles. The van der Waals surface area contributed by atoms with Crippen LogP contribution in [-0.2, 0) is 11.2 Å². The fraction of sp³-hybridized carbons (Fsp3) is 0.400. The summed E-state index contributed by atoms with van der Waals surface area (Å²) in [4.78, 5) is 12.2. The molecule has 0 aromatic heterocycles. The minimum Gasteiger partial charge on any atom is -0.354 e. The molecule has 100 valence electrons. The van der Waals surface area contributed by atoms with Crippen molar-refractivity contribution in [1.82, 2.24) is 10.6 Å². The summed E-state index contributed by atoms with van der Waals surface area (Å²) in [7, 11) is 0. The molecule has 3 nitrogen and oxygen atoms in total. The topological polar surface area (TPSA) is 41.1 Å². The fourth-order valence-electron chi connectivity index (χ4n) is 2.22. The Morgan fingerprint density at radius 1 is 1.53 bits per heavy atom. The largest absolute Gasteiger partial charge is 0.354 e. The molecule has 0 fully saturated rings. The minimum atomic E-state index is -0.220. The standard InChI is InChI=1S/C15H18N2OS/c1-2-10-19-11-9-17-15(18)14-13-6-4-3-5-12(13)7-8-16-14/h1,3-6,14,16H,7-11H2,(H,17,18). The summed E-state index contributed by atoms with van der Waals surface area (Å²) in [5.74, 6) is 4.17. The van der Waals surface area contributed by atoms with Crippen molar-refractivity contribution < 1.29 is 4.79 Å². The van der Waals surface area contributed by atoms with E-state index in [1.54, 1.807) is 11.8 Å². The van der Waals surface area contributed by atoms with E-state index in [-0.39, 0.29) is 11.9 Å². The molecule has 2 rings (SSSR count). The first-order chi connectivity index (χ1) is 9.33. The van der Waals surface area contributed by atoms with E-state index in [0.29, 0.717) is 12.3 Å². The molecule has 4 heteroatoms. The second-order valence-corrected chi connectivity index (χ2v) is 5.49. The predicted octanol–water partition coefficient (Wildman–Crippen LogP) is 1.36. The number of carbonyl (C=O) groups is 1. The van der Waals surface area contributed by atoms with Crippen LogP contribution in [0.2, 0.25) is 0 Å². The van der Waals surface area contributed by atoms with Crippen molar-refractivity contribution in [3.63, 3.8) is 0 Å². The highest BCUT2D eigenvalue weighted by Gasteiger charge is 2.25. The molecule has 0 bridgehead atoms. The van der Waals surface area contributed by atoms with Crippen LogP contribution < -0.4 is 10.6 Å². The van der Waals surface area contributed by atoms with Crippen LogP contribution in [-0.4, -0.2) is 30.5 Å². The van der Waals surface area contributed by atoms with E-state index in [2.05, 4.69) is 22.6 Å². The molecular weight excluding hydrogens is 256 g/mol. The number of benzene rings is 1. The van der Waals surface area contributed by atoms with Crippen LogP contribution in [0.3, 0.4) is 0 Å². The van der Waals surface area contributed by atoms with E-state index in [0.717, 1.165) is 24.3 Å². The molecule has 1 aliphatic heterocycles. The normalized spacial score (nSPS) is 17.3. The Morgan fingerprint density at radius 2 is 2.37 bits per heavy atom. The lowest BCUT2D eigenvalue weighted by atomic mass is 9.94. The molecule has 1 aromatic carbocycles. The van der Waals surface area contributed by atoms with Crippen LogP contribution >= 0.6 is 11.8 Å². The third-order valence-electron chi connectivity index (χ3n) is 3.10. The Labute approximate surface area is 118 Å². The Morgan fingerprint density at radius 3 is 3.21 bits per heavy atom. The Bertz CT molecular complexity index is 481. The second kappa shape index (κ2) is 7.22. The van der Waals surface area contributed by atoms with Crippen LogP contribution in [0.4, 0.5) is 0 Å². The maximum absolute atomic E-state index is 12.2. The molecule has 1 amide bonds. The highest BCUT2D eigenvalue weighted by Crippen LogP contribution is 2.22. The number of amides is 1. The van der Waals surface area contributed by atoms with E-state index in [9.17, 15) is 4.79 Å². The third kappa shape index (κ3) is 3.76. The van der Waals surface area contributed by atoms with Gasteiger partial charge in [-0.3, -0.25) is 4.79 Å². The van der Waals surface area contributed by atoms with Crippen molar-refractivity contribution in [1.29, 1.82) is 0 Å². The number of hydrogen-bond donors (Lipinski definition) is 2. The monoisotopic (exact) mass is 274 g/mol. The number of nitrogens with one attached hydrogen (secondary N) is 2. The first-order valence-electron chi connectivity index (χ1n) is 6.43. The summed E-state index contributed by atoms with van der Waals surface area (Å²) < 4.78 is 0. The number of hydrogen-bond acceptors (Lipinski definition) is 3. The van der Waals surface area contributed by atoms with Gasteiger partial charge in [0.1, 0.15) is 6.04 Å². The lowest BCUT2D eigenvalue weighted by Gasteiger charge is -2.26. The predicted molar refractivity (Wildman–Crippen MR) is 80.1 cm³/mol. The molecule has 19 heavy (non-hydrogen) atoms. The van der Waals surface area contributed by atoms with Crippen LogP contribution in [0.15, 0.2) is 24.3 Å². The smallest absolute Gasteiger partial charge is 0.241 e. The maximum atomic E-state index is 12.2. The van der Waals surface area contributed by atoms with Crippen molar-refractivity contribution in [2.45, 2.75) is 12.5 Å². The molecule has 1 aromatic rings. The van der Waals surface area contributed by atoms with Gasteiger partial charge in [0.05, 0.1) is 5.75 Å². The summed E-state index contributed by atoms with van der Waals surface area (Å²) in [6.07, 6.45) is 6.16. The third-order valence-corrected chi connectivity index (χ3v) is 3.97. The van der Waals surface area contributed by atoms with E-state index in [1.165, 1.54) is 5.56 Å². The van der Waals surface area contributed by atoms with E-state index < -0.39 is 0 Å². The molecule has 0 saturated carbocycles. The lowest BCUT2D eigenvalue weighted by Crippen LogP contribution is -2.42. The highest BCUT2D eigenvalue weighted by molar-refractivity contribution is 7.99. The fourth-order valence-corrected chi connectivity index (χ4v) is 2.73. The van der Waals surface area contributed by atoms with Crippen molar-refractivity contribution in [3.8, 4) is 12.3 Å². The molecule has 1 aliphatic rings. The van der Waals surface area contributed by atoms with Crippen LogP contribution in [0.5, 0.6) is 0 Å². The number of carbonyl (C=O) groups excluding carboxylic acids is 1. The molecular formula is C15H18N2OS. The van der Waals surface area contributed by atoms with Crippen LogP contribution in [0, 0.1) is 12.3 Å². The van der Waals surface area contributed by atoms with Gasteiger partial charge in [-0.2, -0.15) is 0 Å². The van der Waals surface area contributed by atoms with E-state index in [4.69, 9.17) is 6.42 Å². The zero-order valence-electron chi connectivity index (χ0n) is 10.8. The quantitative estimate of drug-likeness (QED) is 0.629. The van der Waals surface area contributed by atoms with E-state index in [1.807, 2.05) is 18.2 Å². The summed E-state index contributed by atoms with van der Waals surface area (Å²) in [5, 5.41) is 6.24. The Kier molecular flexibility index (Phi) is 5.31. The molecule has 1 unspecified atom stereocenters. The number of terminal acetylenes is 1. The SMILES string of the molecule is C#CCSCCNC(=O)C1NCCc2ccccc21. The van der Waals surface area contributed by atoms with Crippen molar-refractivity contribution >= 4 is 17.7 Å². The summed E-state index contributed by atoms with van der Waals surface area (Å²) in [6, 6.07) is 7.91. The van der Waals surface area contributed by atoms with Crippen LogP contribution in [0.25, 0.3) is 0 Å². The van der Waals surface area contributed by atoms with Crippen molar-refractivity contribution in [2.75, 3.05) is 24.6 Å². The number of rotatable bonds is 5. The van der Waals surface area contributed by atoms with Crippen LogP contribution in [0.1, 0.15) is 17.2 Å². The first kappa shape index (κ1) is 14.0. The highest BCUT2D eigenvalue weighted by atomic mass is 32.2. The molecule has 1 heterocycles. The average Bonchev–Trinajstić information content (AvgIpc) is 2.46. The molecule has 1 atom stereocenters. The second-order valence-electron chi connectivity index (χ2n) is 4.38. The molecule has 0 aliphatic carbocycles. The number of thioether (sulfide) groups is 1. The summed E-state index contributed by atoms with van der Waals surface area (Å²) >= 11 is 1.66. The van der Waals surface area contributed by atoms with Gasteiger partial charge in [0.15, 0.2) is 0 Å². The van der Waals surface area contributed by atoms with Gasteiger partial charge < -0.3 is 10.6 Å². The van der Waals surface area contributed by atoms with E-state index >= 15 is 0 Å². The maximum Gasteiger partial charge on any atom is 0.241 e. The van der Waals surface area contributed by atoms with Gasteiger partial charge in [-0.05, 0) is 17.5 Å². The van der Waals surface area contributed by atoms with Gasteiger partial charge in [-0.25, -0.2) is 0 Å². The van der Waals surface area contributed by atoms with Crippen molar-refractivity contribution in [3.05, 3.63) is 35.4 Å². The van der Waals surface area contributed by atoms with Gasteiger partial charge in [-0.1, -0.05) is 30.2 Å².